The second-order valence-electron chi connectivity index (χ2n) is 8.46. The molecule has 0 bridgehead atoms. The molecule has 2 aliphatic heterocycles. The molecule has 1 amide bonds. The first-order valence-electron chi connectivity index (χ1n) is 10.8. The van der Waals surface area contributed by atoms with Crippen LogP contribution < -0.4 is 4.74 Å². The molecule has 0 spiro atoms. The lowest BCUT2D eigenvalue weighted by atomic mass is 9.94. The number of hydrogen-bond donors (Lipinski definition) is 2. The molecule has 0 unspecified atom stereocenters. The van der Waals surface area contributed by atoms with Crippen LogP contribution in [0.1, 0.15) is 35.2 Å². The molecule has 2 N–H and O–H groups in total. The lowest BCUT2D eigenvalue weighted by molar-refractivity contribution is -0.140. The maximum absolute atomic E-state index is 13.2. The fourth-order valence-corrected chi connectivity index (χ4v) is 4.55. The molecule has 6 nitrogen and oxygen atoms in total. The average molecular weight is 441 g/mol. The van der Waals surface area contributed by atoms with Crippen LogP contribution in [0.4, 0.5) is 0 Å². The fourth-order valence-electron chi connectivity index (χ4n) is 4.55. The van der Waals surface area contributed by atoms with Gasteiger partial charge in [-0.15, -0.1) is 0 Å². The minimum Gasteiger partial charge on any atom is -0.508 e. The Labute approximate surface area is 191 Å². The number of carbonyl (C=O) groups is 2. The topological polar surface area (TPSA) is 87.1 Å². The molecule has 3 aromatic rings. The third-order valence-corrected chi connectivity index (χ3v) is 6.11. The summed E-state index contributed by atoms with van der Waals surface area (Å²) in [6.07, 6.45) is 0.756. The summed E-state index contributed by atoms with van der Waals surface area (Å²) in [5, 5.41) is 21.0. The molecular formula is C27H23NO5. The quantitative estimate of drug-likeness (QED) is 0.357. The van der Waals surface area contributed by atoms with E-state index < -0.39 is 17.7 Å². The van der Waals surface area contributed by atoms with Crippen LogP contribution in [0.15, 0.2) is 78.4 Å². The van der Waals surface area contributed by atoms with Gasteiger partial charge in [0.05, 0.1) is 11.6 Å². The van der Waals surface area contributed by atoms with E-state index >= 15 is 0 Å². The smallest absolute Gasteiger partial charge is 0.295 e. The van der Waals surface area contributed by atoms with E-state index in [9.17, 15) is 19.8 Å². The van der Waals surface area contributed by atoms with Crippen molar-refractivity contribution in [3.63, 3.8) is 0 Å². The summed E-state index contributed by atoms with van der Waals surface area (Å²) in [4.78, 5) is 27.7. The Kier molecular flexibility index (Phi) is 5.13. The van der Waals surface area contributed by atoms with Crippen LogP contribution in [0.3, 0.4) is 0 Å². The number of ketones is 1. The molecule has 3 aromatic carbocycles. The highest BCUT2D eigenvalue weighted by Crippen LogP contribution is 2.41. The predicted molar refractivity (Wildman–Crippen MR) is 123 cm³/mol. The number of phenolic OH excluding ortho intramolecular Hbond substituents is 1. The molecule has 1 saturated heterocycles. The Balaban J connectivity index is 1.62. The van der Waals surface area contributed by atoms with Gasteiger partial charge in [-0.1, -0.05) is 42.5 Å². The number of carbonyl (C=O) groups excluding carboxylic acids is 2. The number of ether oxygens (including phenoxy) is 1. The van der Waals surface area contributed by atoms with E-state index in [-0.39, 0.29) is 29.7 Å². The summed E-state index contributed by atoms with van der Waals surface area (Å²) in [7, 11) is 0. The van der Waals surface area contributed by atoms with E-state index in [0.29, 0.717) is 17.5 Å². The minimum absolute atomic E-state index is 0.0357. The number of benzene rings is 3. The number of aliphatic hydroxyl groups excluding tert-OH is 1. The Bertz CT molecular complexity index is 1260. The molecule has 0 saturated carbocycles. The number of Topliss-reactive ketones (excluding diaryl/α,β-unsaturated/α-hetero) is 1. The van der Waals surface area contributed by atoms with Gasteiger partial charge in [0.15, 0.2) is 0 Å². The largest absolute Gasteiger partial charge is 0.508 e. The second kappa shape index (κ2) is 8.13. The van der Waals surface area contributed by atoms with Gasteiger partial charge in [0.1, 0.15) is 23.4 Å². The highest BCUT2D eigenvalue weighted by molar-refractivity contribution is 6.46. The van der Waals surface area contributed by atoms with E-state index in [2.05, 4.69) is 0 Å². The Morgan fingerprint density at radius 1 is 1.03 bits per heavy atom. The van der Waals surface area contributed by atoms with Crippen molar-refractivity contribution in [1.29, 1.82) is 0 Å². The molecule has 166 valence electrons. The van der Waals surface area contributed by atoms with Crippen molar-refractivity contribution in [3.05, 3.63) is 101 Å². The Morgan fingerprint density at radius 3 is 2.48 bits per heavy atom. The number of likely N-dealkylation sites (tertiary alicyclic amines) is 1. The number of nitrogens with zero attached hydrogens (tertiary/aromatic N) is 1. The van der Waals surface area contributed by atoms with Crippen LogP contribution >= 0.6 is 0 Å². The number of fused-ring (bicyclic) bond motifs is 1. The maximum atomic E-state index is 13.2. The van der Waals surface area contributed by atoms with Crippen LogP contribution in [0.5, 0.6) is 11.5 Å². The summed E-state index contributed by atoms with van der Waals surface area (Å²) in [5.74, 6) is -0.780. The molecular weight excluding hydrogens is 418 g/mol. The number of amides is 1. The van der Waals surface area contributed by atoms with Crippen molar-refractivity contribution in [1.82, 2.24) is 4.90 Å². The number of aliphatic hydroxyl groups is 1. The number of rotatable bonds is 4. The van der Waals surface area contributed by atoms with Gasteiger partial charge in [0, 0.05) is 18.5 Å². The van der Waals surface area contributed by atoms with E-state index in [0.717, 1.165) is 16.9 Å². The molecule has 5 rings (SSSR count). The molecule has 0 aromatic heterocycles. The third kappa shape index (κ3) is 3.74. The SMILES string of the molecule is C[C@H]1Cc2cc(/C(O)=C3\C(=O)C(=O)N(Cc4ccccc4)[C@H]3c3ccc(O)cc3)ccc2O1. The zero-order valence-corrected chi connectivity index (χ0v) is 18.1. The zero-order valence-electron chi connectivity index (χ0n) is 18.1. The molecule has 33 heavy (non-hydrogen) atoms. The standard InChI is InChI=1S/C27H23NO5/c1-16-13-20-14-19(9-12-22(20)33-16)25(30)23-24(18-7-10-21(29)11-8-18)28(27(32)26(23)31)15-17-5-3-2-4-6-17/h2-12,14,16,24,29-30H,13,15H2,1H3/b25-23+/t16-,24-/m0/s1. The van der Waals surface area contributed by atoms with Gasteiger partial charge < -0.3 is 19.8 Å². The lowest BCUT2D eigenvalue weighted by Crippen LogP contribution is -2.29. The van der Waals surface area contributed by atoms with Crippen molar-refractivity contribution in [2.75, 3.05) is 0 Å². The third-order valence-electron chi connectivity index (χ3n) is 6.11. The first-order chi connectivity index (χ1) is 15.9. The number of hydrogen-bond acceptors (Lipinski definition) is 5. The van der Waals surface area contributed by atoms with Crippen molar-refractivity contribution >= 4 is 17.4 Å². The van der Waals surface area contributed by atoms with Crippen LogP contribution in [0, 0.1) is 0 Å². The maximum Gasteiger partial charge on any atom is 0.295 e. The predicted octanol–water partition coefficient (Wildman–Crippen LogP) is 4.34. The summed E-state index contributed by atoms with van der Waals surface area (Å²) in [5.41, 5.74) is 2.95. The minimum atomic E-state index is -0.783. The second-order valence-corrected chi connectivity index (χ2v) is 8.46. The van der Waals surface area contributed by atoms with Gasteiger partial charge in [-0.05, 0) is 53.9 Å². The molecule has 2 atom stereocenters. The first kappa shape index (κ1) is 20.8. The lowest BCUT2D eigenvalue weighted by Gasteiger charge is -2.25. The molecule has 2 heterocycles. The molecule has 0 aliphatic carbocycles. The summed E-state index contributed by atoms with van der Waals surface area (Å²) < 4.78 is 5.74. The molecule has 6 heteroatoms. The highest BCUT2D eigenvalue weighted by atomic mass is 16.5. The van der Waals surface area contributed by atoms with Crippen molar-refractivity contribution in [3.8, 4) is 11.5 Å². The van der Waals surface area contributed by atoms with Gasteiger partial charge >= 0.3 is 0 Å². The number of aromatic hydroxyl groups is 1. The van der Waals surface area contributed by atoms with Gasteiger partial charge in [-0.3, -0.25) is 9.59 Å². The van der Waals surface area contributed by atoms with E-state index in [4.69, 9.17) is 4.74 Å². The van der Waals surface area contributed by atoms with Crippen LogP contribution in [-0.4, -0.2) is 32.9 Å². The summed E-state index contributed by atoms with van der Waals surface area (Å²) in [6.45, 7) is 2.18. The summed E-state index contributed by atoms with van der Waals surface area (Å²) in [6, 6.07) is 20.2. The van der Waals surface area contributed by atoms with Crippen molar-refractivity contribution in [2.24, 2.45) is 0 Å². The Morgan fingerprint density at radius 2 is 1.76 bits per heavy atom. The fraction of sp³-hybridized carbons (Fsp3) is 0.185. The van der Waals surface area contributed by atoms with Crippen LogP contribution in [-0.2, 0) is 22.6 Å². The van der Waals surface area contributed by atoms with Crippen molar-refractivity contribution < 1.29 is 24.5 Å². The van der Waals surface area contributed by atoms with Gasteiger partial charge in [0.25, 0.3) is 11.7 Å². The highest BCUT2D eigenvalue weighted by Gasteiger charge is 2.46. The van der Waals surface area contributed by atoms with Gasteiger partial charge in [0.2, 0.25) is 0 Å². The zero-order chi connectivity index (χ0) is 23.1. The van der Waals surface area contributed by atoms with E-state index in [1.807, 2.05) is 43.3 Å². The number of phenols is 1. The van der Waals surface area contributed by atoms with E-state index in [1.165, 1.54) is 17.0 Å². The molecule has 1 fully saturated rings. The Hall–Kier alpha value is -4.06. The average Bonchev–Trinajstić information content (AvgIpc) is 3.31. The van der Waals surface area contributed by atoms with Crippen LogP contribution in [0.25, 0.3) is 5.76 Å². The van der Waals surface area contributed by atoms with Gasteiger partial charge in [-0.2, -0.15) is 0 Å². The van der Waals surface area contributed by atoms with Crippen molar-refractivity contribution in [2.45, 2.75) is 32.0 Å². The molecule has 0 radical (unpaired) electrons. The monoisotopic (exact) mass is 441 g/mol. The first-order valence-corrected chi connectivity index (χ1v) is 10.8. The van der Waals surface area contributed by atoms with Gasteiger partial charge in [-0.25, -0.2) is 0 Å². The molecule has 2 aliphatic rings. The van der Waals surface area contributed by atoms with E-state index in [1.54, 1.807) is 24.3 Å². The van der Waals surface area contributed by atoms with Crippen LogP contribution in [0.2, 0.25) is 0 Å². The normalized spacial score (nSPS) is 21.2. The summed E-state index contributed by atoms with van der Waals surface area (Å²) >= 11 is 0.